The van der Waals surface area contributed by atoms with Crippen molar-refractivity contribution in [3.05, 3.63) is 18.6 Å². The Kier molecular flexibility index (Phi) is 4.70. The van der Waals surface area contributed by atoms with E-state index in [1.807, 2.05) is 18.0 Å². The van der Waals surface area contributed by atoms with Gasteiger partial charge in [-0.15, -0.1) is 0 Å². The second kappa shape index (κ2) is 6.51. The fourth-order valence-electron chi connectivity index (χ4n) is 3.24. The molecule has 0 bridgehead atoms. The molecule has 25 heavy (non-hydrogen) atoms. The number of nitrogens with one attached hydrogen (secondary N) is 1. The number of aromatic amines is 1. The van der Waals surface area contributed by atoms with Crippen LogP contribution in [0.25, 0.3) is 11.0 Å². The summed E-state index contributed by atoms with van der Waals surface area (Å²) in [7, 11) is -1.51. The summed E-state index contributed by atoms with van der Waals surface area (Å²) in [4.78, 5) is 13.6. The minimum absolute atomic E-state index is 0.0171. The molecule has 0 amide bonds. The van der Waals surface area contributed by atoms with Crippen LogP contribution < -0.4 is 4.90 Å². The summed E-state index contributed by atoms with van der Waals surface area (Å²) in [5.41, 5.74) is 0.760. The monoisotopic (exact) mass is 372 g/mol. The Bertz CT molecular complexity index is 841. The number of hydrogen-bond donors (Lipinski definition) is 1. The number of fused-ring (bicyclic) bond motifs is 1. The van der Waals surface area contributed by atoms with Crippen LogP contribution >= 0.6 is 0 Å². The van der Waals surface area contributed by atoms with E-state index in [2.05, 4.69) is 15.0 Å². The SMILES string of the molecule is CN(c1ncnc2[nH]ccc12)C1CC(CS(=O)(=O)CCC(C)(F)F)C1. The van der Waals surface area contributed by atoms with Crippen LogP contribution in [0, 0.1) is 5.92 Å². The van der Waals surface area contributed by atoms with Crippen molar-refractivity contribution in [2.45, 2.75) is 38.2 Å². The van der Waals surface area contributed by atoms with Crippen LogP contribution in [0.2, 0.25) is 0 Å². The summed E-state index contributed by atoms with van der Waals surface area (Å²) in [5.74, 6) is -2.58. The van der Waals surface area contributed by atoms with Crippen molar-refractivity contribution in [1.82, 2.24) is 15.0 Å². The number of rotatable bonds is 7. The Morgan fingerprint density at radius 1 is 1.36 bits per heavy atom. The van der Waals surface area contributed by atoms with Crippen molar-refractivity contribution < 1.29 is 17.2 Å². The molecule has 6 nitrogen and oxygen atoms in total. The average molecular weight is 372 g/mol. The number of sulfone groups is 1. The maximum atomic E-state index is 12.9. The third-order valence-electron chi connectivity index (χ3n) is 4.77. The van der Waals surface area contributed by atoms with Gasteiger partial charge in [-0.25, -0.2) is 27.2 Å². The van der Waals surface area contributed by atoms with E-state index in [0.717, 1.165) is 23.8 Å². The van der Waals surface area contributed by atoms with Gasteiger partial charge in [0.25, 0.3) is 0 Å². The summed E-state index contributed by atoms with van der Waals surface area (Å²) >= 11 is 0. The fraction of sp³-hybridized carbons (Fsp3) is 0.625. The zero-order valence-corrected chi connectivity index (χ0v) is 15.1. The van der Waals surface area contributed by atoms with Crippen LogP contribution in [0.5, 0.6) is 0 Å². The standard InChI is InChI=1S/C16H22F2N4O2S/c1-16(17,18)4-6-25(23,24)9-11-7-12(8-11)22(2)15-13-3-5-19-14(13)20-10-21-15/h3,5,10-12H,4,6-9H2,1-2H3,(H,19,20,21). The highest BCUT2D eigenvalue weighted by Gasteiger charge is 2.36. The molecule has 1 fully saturated rings. The molecule has 0 radical (unpaired) electrons. The average Bonchev–Trinajstić information content (AvgIpc) is 2.96. The Morgan fingerprint density at radius 2 is 2.08 bits per heavy atom. The van der Waals surface area contributed by atoms with Gasteiger partial charge >= 0.3 is 0 Å². The number of halogens is 2. The van der Waals surface area contributed by atoms with Gasteiger partial charge in [0.1, 0.15) is 17.8 Å². The predicted molar refractivity (Wildman–Crippen MR) is 92.7 cm³/mol. The van der Waals surface area contributed by atoms with Crippen molar-refractivity contribution in [1.29, 1.82) is 0 Å². The van der Waals surface area contributed by atoms with Gasteiger partial charge in [-0.1, -0.05) is 0 Å². The number of anilines is 1. The van der Waals surface area contributed by atoms with Crippen LogP contribution in [0.1, 0.15) is 26.2 Å². The van der Waals surface area contributed by atoms with E-state index in [1.165, 1.54) is 6.33 Å². The molecule has 1 aliphatic rings. The molecule has 1 saturated carbocycles. The van der Waals surface area contributed by atoms with Gasteiger partial charge in [0.2, 0.25) is 5.92 Å². The normalized spacial score (nSPS) is 21.3. The first-order valence-corrected chi connectivity index (χ1v) is 10.1. The minimum atomic E-state index is -3.44. The van der Waals surface area contributed by atoms with Gasteiger partial charge in [0.05, 0.1) is 16.9 Å². The Morgan fingerprint density at radius 3 is 2.76 bits per heavy atom. The highest BCUT2D eigenvalue weighted by molar-refractivity contribution is 7.91. The molecule has 0 saturated heterocycles. The summed E-state index contributed by atoms with van der Waals surface area (Å²) in [6.07, 6.45) is 4.12. The summed E-state index contributed by atoms with van der Waals surface area (Å²) in [6, 6.07) is 2.10. The molecule has 0 unspecified atom stereocenters. The molecule has 3 rings (SSSR count). The largest absolute Gasteiger partial charge is 0.356 e. The van der Waals surface area contributed by atoms with Crippen molar-refractivity contribution in [3.8, 4) is 0 Å². The van der Waals surface area contributed by atoms with Crippen LogP contribution in [-0.2, 0) is 9.84 Å². The maximum absolute atomic E-state index is 12.9. The number of H-pyrrole nitrogens is 1. The first kappa shape index (κ1) is 18.0. The maximum Gasteiger partial charge on any atom is 0.246 e. The van der Waals surface area contributed by atoms with E-state index in [1.54, 1.807) is 6.20 Å². The lowest BCUT2D eigenvalue weighted by Gasteiger charge is -2.41. The van der Waals surface area contributed by atoms with Gasteiger partial charge in [-0.2, -0.15) is 0 Å². The Balaban J connectivity index is 1.56. The molecular formula is C16H22F2N4O2S. The van der Waals surface area contributed by atoms with Crippen LogP contribution in [0.15, 0.2) is 18.6 Å². The zero-order valence-electron chi connectivity index (χ0n) is 14.2. The van der Waals surface area contributed by atoms with Gasteiger partial charge in [-0.3, -0.25) is 0 Å². The quantitative estimate of drug-likeness (QED) is 0.808. The van der Waals surface area contributed by atoms with E-state index in [-0.39, 0.29) is 17.7 Å². The van der Waals surface area contributed by atoms with E-state index in [9.17, 15) is 17.2 Å². The first-order valence-electron chi connectivity index (χ1n) is 8.24. The molecule has 2 aromatic heterocycles. The molecule has 9 heteroatoms. The van der Waals surface area contributed by atoms with E-state index < -0.39 is 27.9 Å². The molecule has 1 aliphatic carbocycles. The third-order valence-corrected chi connectivity index (χ3v) is 6.57. The minimum Gasteiger partial charge on any atom is -0.356 e. The highest BCUT2D eigenvalue weighted by atomic mass is 32.2. The molecule has 2 heterocycles. The molecule has 0 atom stereocenters. The zero-order chi connectivity index (χ0) is 18.2. The van der Waals surface area contributed by atoms with Crippen LogP contribution in [0.3, 0.4) is 0 Å². The van der Waals surface area contributed by atoms with Crippen LogP contribution in [-0.4, -0.2) is 53.9 Å². The van der Waals surface area contributed by atoms with Crippen molar-refractivity contribution >= 4 is 26.7 Å². The van der Waals surface area contributed by atoms with Gasteiger partial charge in [0.15, 0.2) is 9.84 Å². The van der Waals surface area contributed by atoms with Gasteiger partial charge < -0.3 is 9.88 Å². The number of hydrogen-bond acceptors (Lipinski definition) is 5. The topological polar surface area (TPSA) is 79.0 Å². The number of nitrogens with zero attached hydrogens (tertiary/aromatic N) is 3. The van der Waals surface area contributed by atoms with E-state index in [0.29, 0.717) is 12.8 Å². The van der Waals surface area contributed by atoms with Crippen LogP contribution in [0.4, 0.5) is 14.6 Å². The van der Waals surface area contributed by atoms with Crippen molar-refractivity contribution in [2.24, 2.45) is 5.92 Å². The van der Waals surface area contributed by atoms with Gasteiger partial charge in [-0.05, 0) is 31.7 Å². The lowest BCUT2D eigenvalue weighted by molar-refractivity contribution is 0.0189. The van der Waals surface area contributed by atoms with E-state index in [4.69, 9.17) is 0 Å². The Hall–Kier alpha value is -1.77. The second-order valence-electron chi connectivity index (χ2n) is 6.97. The van der Waals surface area contributed by atoms with Crippen molar-refractivity contribution in [3.63, 3.8) is 0 Å². The molecule has 0 aromatic carbocycles. The summed E-state index contributed by atoms with van der Waals surface area (Å²) < 4.78 is 49.7. The summed E-state index contributed by atoms with van der Waals surface area (Å²) in [5, 5.41) is 0.922. The molecule has 0 aliphatic heterocycles. The van der Waals surface area contributed by atoms with E-state index >= 15 is 0 Å². The molecule has 2 aromatic rings. The lowest BCUT2D eigenvalue weighted by Crippen LogP contribution is -2.45. The fourth-order valence-corrected chi connectivity index (χ4v) is 5.07. The molecule has 0 spiro atoms. The summed E-state index contributed by atoms with van der Waals surface area (Å²) in [6.45, 7) is 0.750. The predicted octanol–water partition coefficient (Wildman–Crippen LogP) is 2.63. The van der Waals surface area contributed by atoms with Crippen molar-refractivity contribution in [2.75, 3.05) is 23.5 Å². The Labute approximate surface area is 145 Å². The molecule has 1 N–H and O–H groups in total. The van der Waals surface area contributed by atoms with Gasteiger partial charge in [0, 0.05) is 25.7 Å². The lowest BCUT2D eigenvalue weighted by atomic mass is 9.81. The molecule has 138 valence electrons. The number of alkyl halides is 2. The highest BCUT2D eigenvalue weighted by Crippen LogP contribution is 2.36. The number of aromatic nitrogens is 3. The molecular weight excluding hydrogens is 350 g/mol. The smallest absolute Gasteiger partial charge is 0.246 e. The third kappa shape index (κ3) is 4.26. The second-order valence-corrected chi connectivity index (χ2v) is 9.20. The first-order chi connectivity index (χ1) is 11.6.